The molecular formula is C20H20N2O6. The molecule has 0 aliphatic carbocycles. The highest BCUT2D eigenvalue weighted by atomic mass is 16.6. The van der Waals surface area contributed by atoms with Crippen LogP contribution in [0.15, 0.2) is 12.1 Å². The molecule has 0 spiro atoms. The van der Waals surface area contributed by atoms with Crippen molar-refractivity contribution in [2.24, 2.45) is 0 Å². The van der Waals surface area contributed by atoms with E-state index in [0.29, 0.717) is 22.3 Å². The van der Waals surface area contributed by atoms with Crippen molar-refractivity contribution in [3.05, 3.63) is 65.7 Å². The van der Waals surface area contributed by atoms with Crippen molar-refractivity contribution in [1.29, 1.82) is 0 Å². The Bertz CT molecular complexity index is 984. The molecule has 0 aliphatic rings. The van der Waals surface area contributed by atoms with E-state index in [9.17, 15) is 29.8 Å². The maximum absolute atomic E-state index is 12.4. The SMILES string of the molecule is CC(=O)c1c(C)c([N+](=O)[O-])cc(C)c1-c1c(C)cc([N+](=O)[O-])c(C)c1C(C)=O. The second kappa shape index (κ2) is 7.30. The summed E-state index contributed by atoms with van der Waals surface area (Å²) < 4.78 is 0. The topological polar surface area (TPSA) is 120 Å². The Morgan fingerprint density at radius 3 is 1.21 bits per heavy atom. The van der Waals surface area contributed by atoms with E-state index in [-0.39, 0.29) is 45.2 Å². The van der Waals surface area contributed by atoms with Crippen LogP contribution >= 0.6 is 0 Å². The van der Waals surface area contributed by atoms with E-state index in [1.807, 2.05) is 0 Å². The highest BCUT2D eigenvalue weighted by Gasteiger charge is 2.29. The van der Waals surface area contributed by atoms with Crippen LogP contribution in [-0.2, 0) is 0 Å². The third kappa shape index (κ3) is 3.28. The summed E-state index contributed by atoms with van der Waals surface area (Å²) in [5.74, 6) is -0.770. The molecule has 8 nitrogen and oxygen atoms in total. The van der Waals surface area contributed by atoms with Crippen LogP contribution in [0.1, 0.15) is 56.8 Å². The number of carbonyl (C=O) groups excluding carboxylic acids is 2. The molecule has 0 N–H and O–H groups in total. The van der Waals surface area contributed by atoms with Gasteiger partial charge in [-0.05, 0) is 63.8 Å². The third-order valence-corrected chi connectivity index (χ3v) is 4.86. The van der Waals surface area contributed by atoms with Crippen LogP contribution in [-0.4, -0.2) is 21.4 Å². The summed E-state index contributed by atoms with van der Waals surface area (Å²) >= 11 is 0. The molecule has 8 heteroatoms. The lowest BCUT2D eigenvalue weighted by atomic mass is 9.82. The van der Waals surface area contributed by atoms with Gasteiger partial charge in [-0.25, -0.2) is 0 Å². The van der Waals surface area contributed by atoms with Gasteiger partial charge in [0.2, 0.25) is 0 Å². The number of ketones is 2. The number of Topliss-reactive ketones (excluding diaryl/α,β-unsaturated/α-hetero) is 2. The van der Waals surface area contributed by atoms with Crippen molar-refractivity contribution in [3.63, 3.8) is 0 Å². The van der Waals surface area contributed by atoms with E-state index in [1.165, 1.54) is 39.8 Å². The van der Waals surface area contributed by atoms with Gasteiger partial charge in [-0.1, -0.05) is 0 Å². The average Bonchev–Trinajstić information content (AvgIpc) is 2.56. The molecule has 0 unspecified atom stereocenters. The number of rotatable bonds is 5. The van der Waals surface area contributed by atoms with E-state index in [2.05, 4.69) is 0 Å². The van der Waals surface area contributed by atoms with Gasteiger partial charge in [0.15, 0.2) is 11.6 Å². The molecule has 0 saturated heterocycles. The lowest BCUT2D eigenvalue weighted by molar-refractivity contribution is -0.385. The molecule has 0 heterocycles. The van der Waals surface area contributed by atoms with Gasteiger partial charge in [-0.15, -0.1) is 0 Å². The van der Waals surface area contributed by atoms with E-state index >= 15 is 0 Å². The van der Waals surface area contributed by atoms with Crippen molar-refractivity contribution in [3.8, 4) is 11.1 Å². The molecule has 0 saturated carbocycles. The quantitative estimate of drug-likeness (QED) is 0.414. The van der Waals surface area contributed by atoms with Gasteiger partial charge < -0.3 is 0 Å². The molecule has 2 aromatic carbocycles. The Labute approximate surface area is 161 Å². The summed E-state index contributed by atoms with van der Waals surface area (Å²) in [5.41, 5.74) is 2.00. The van der Waals surface area contributed by atoms with E-state index in [1.54, 1.807) is 13.8 Å². The fraction of sp³-hybridized carbons (Fsp3) is 0.300. The van der Waals surface area contributed by atoms with E-state index in [0.717, 1.165) is 0 Å². The highest BCUT2D eigenvalue weighted by Crippen LogP contribution is 2.41. The monoisotopic (exact) mass is 384 g/mol. The molecule has 2 aromatic rings. The van der Waals surface area contributed by atoms with Crippen molar-refractivity contribution in [2.45, 2.75) is 41.5 Å². The molecule has 0 atom stereocenters. The summed E-state index contributed by atoms with van der Waals surface area (Å²) in [7, 11) is 0. The first-order valence-electron chi connectivity index (χ1n) is 8.49. The van der Waals surface area contributed by atoms with Crippen LogP contribution in [0.2, 0.25) is 0 Å². The summed E-state index contributed by atoms with van der Waals surface area (Å²) in [5, 5.41) is 22.8. The van der Waals surface area contributed by atoms with Crippen LogP contribution < -0.4 is 0 Å². The maximum atomic E-state index is 12.4. The molecule has 0 fully saturated rings. The fourth-order valence-corrected chi connectivity index (χ4v) is 3.70. The van der Waals surface area contributed by atoms with Crippen LogP contribution in [0.3, 0.4) is 0 Å². The van der Waals surface area contributed by atoms with E-state index in [4.69, 9.17) is 0 Å². The molecule has 0 radical (unpaired) electrons. The van der Waals surface area contributed by atoms with Gasteiger partial charge in [0, 0.05) is 34.4 Å². The van der Waals surface area contributed by atoms with E-state index < -0.39 is 9.85 Å². The standard InChI is InChI=1S/C20H20N2O6/c1-9-7-15(21(25)26)11(3)19(13(5)23)17(9)18-10(2)8-16(22(27)28)12(4)20(18)14(6)24/h7-8H,1-6H3. The number of hydrogen-bond donors (Lipinski definition) is 0. The molecule has 2 rings (SSSR count). The average molecular weight is 384 g/mol. The summed E-state index contributed by atoms with van der Waals surface area (Å²) in [6, 6.07) is 2.72. The number of carbonyl (C=O) groups is 2. The molecule has 0 bridgehead atoms. The number of nitro benzene ring substituents is 2. The maximum Gasteiger partial charge on any atom is 0.273 e. The first-order valence-corrected chi connectivity index (χ1v) is 8.49. The predicted molar refractivity (Wildman–Crippen MR) is 104 cm³/mol. The Kier molecular flexibility index (Phi) is 5.45. The molecular weight excluding hydrogens is 364 g/mol. The Morgan fingerprint density at radius 2 is 1.00 bits per heavy atom. The molecule has 0 aromatic heterocycles. The van der Waals surface area contributed by atoms with Gasteiger partial charge in [0.25, 0.3) is 11.4 Å². The normalized spacial score (nSPS) is 10.6. The summed E-state index contributed by atoms with van der Waals surface area (Å²) in [6.07, 6.45) is 0. The van der Waals surface area contributed by atoms with Crippen LogP contribution in [0.5, 0.6) is 0 Å². The number of hydrogen-bond acceptors (Lipinski definition) is 6. The molecule has 28 heavy (non-hydrogen) atoms. The number of aryl methyl sites for hydroxylation is 2. The zero-order valence-electron chi connectivity index (χ0n) is 16.5. The Morgan fingerprint density at radius 1 is 0.714 bits per heavy atom. The summed E-state index contributed by atoms with van der Waals surface area (Å²) in [6.45, 7) is 8.81. The molecule has 146 valence electrons. The largest absolute Gasteiger partial charge is 0.294 e. The zero-order valence-corrected chi connectivity index (χ0v) is 16.5. The number of nitrogens with zero attached hydrogens (tertiary/aromatic N) is 2. The van der Waals surface area contributed by atoms with Gasteiger partial charge in [0.05, 0.1) is 9.85 Å². The van der Waals surface area contributed by atoms with Crippen molar-refractivity contribution >= 4 is 22.9 Å². The number of nitro groups is 2. The fourth-order valence-electron chi connectivity index (χ4n) is 3.70. The van der Waals surface area contributed by atoms with Crippen LogP contribution in [0, 0.1) is 47.9 Å². The van der Waals surface area contributed by atoms with Gasteiger partial charge in [-0.3, -0.25) is 29.8 Å². The minimum Gasteiger partial charge on any atom is -0.294 e. The van der Waals surface area contributed by atoms with Gasteiger partial charge in [-0.2, -0.15) is 0 Å². The third-order valence-electron chi connectivity index (χ3n) is 4.86. The Hall–Kier alpha value is -3.42. The van der Waals surface area contributed by atoms with Crippen molar-refractivity contribution in [2.75, 3.05) is 0 Å². The lowest BCUT2D eigenvalue weighted by Crippen LogP contribution is -2.11. The highest BCUT2D eigenvalue weighted by molar-refractivity contribution is 6.10. The van der Waals surface area contributed by atoms with Crippen molar-refractivity contribution < 1.29 is 19.4 Å². The Balaban J connectivity index is 3.13. The molecule has 0 amide bonds. The van der Waals surface area contributed by atoms with Gasteiger partial charge in [0.1, 0.15) is 0 Å². The second-order valence-corrected chi connectivity index (χ2v) is 6.80. The summed E-state index contributed by atoms with van der Waals surface area (Å²) in [4.78, 5) is 46.5. The van der Waals surface area contributed by atoms with Crippen LogP contribution in [0.4, 0.5) is 11.4 Å². The van der Waals surface area contributed by atoms with Crippen molar-refractivity contribution in [1.82, 2.24) is 0 Å². The minimum atomic E-state index is -0.557. The first kappa shape index (κ1) is 20.9. The number of benzene rings is 2. The van der Waals surface area contributed by atoms with Gasteiger partial charge >= 0.3 is 0 Å². The second-order valence-electron chi connectivity index (χ2n) is 6.80. The molecule has 0 aliphatic heterocycles. The van der Waals surface area contributed by atoms with Crippen LogP contribution in [0.25, 0.3) is 11.1 Å². The zero-order chi connectivity index (χ0) is 21.5. The minimum absolute atomic E-state index is 0.144. The lowest BCUT2D eigenvalue weighted by Gasteiger charge is -2.20. The predicted octanol–water partition coefficient (Wildman–Crippen LogP) is 4.81. The smallest absolute Gasteiger partial charge is 0.273 e. The first-order chi connectivity index (χ1) is 12.9.